The summed E-state index contributed by atoms with van der Waals surface area (Å²) in [6.45, 7) is 16.7. The van der Waals surface area contributed by atoms with E-state index in [1.807, 2.05) is 0 Å². The molecule has 0 fully saturated rings. The third-order valence-electron chi connectivity index (χ3n) is 9.10. The number of hydrogen-bond acceptors (Lipinski definition) is 11. The van der Waals surface area contributed by atoms with E-state index in [-0.39, 0.29) is 29.8 Å². The second kappa shape index (κ2) is 17.0. The predicted molar refractivity (Wildman–Crippen MR) is 202 cm³/mol. The molecular formula is C36H50FN6O7PS. The van der Waals surface area contributed by atoms with Gasteiger partial charge in [-0.25, -0.2) is 23.9 Å². The number of phosphoric acid groups is 1. The fourth-order valence-corrected chi connectivity index (χ4v) is 8.40. The summed E-state index contributed by atoms with van der Waals surface area (Å²) < 4.78 is 41.9. The highest BCUT2D eigenvalue weighted by Crippen LogP contribution is 2.51. The van der Waals surface area contributed by atoms with Crippen LogP contribution in [0.5, 0.6) is 11.5 Å². The van der Waals surface area contributed by atoms with Gasteiger partial charge in [0.15, 0.2) is 16.6 Å². The number of phosphoric ester groups is 1. The Morgan fingerprint density at radius 1 is 1.02 bits per heavy atom. The van der Waals surface area contributed by atoms with E-state index >= 15 is 0 Å². The number of carbonyl (C=O) groups is 1. The van der Waals surface area contributed by atoms with Crippen molar-refractivity contribution in [3.8, 4) is 11.5 Å². The Labute approximate surface area is 308 Å². The molecule has 0 atom stereocenters. The molecule has 0 aliphatic heterocycles. The predicted octanol–water partition coefficient (Wildman–Crippen LogP) is 7.58. The zero-order valence-electron chi connectivity index (χ0n) is 31.0. The average molecular weight is 761 g/mol. The number of amides is 1. The van der Waals surface area contributed by atoms with Gasteiger partial charge in [-0.15, -0.1) is 11.3 Å². The number of halogens is 1. The summed E-state index contributed by atoms with van der Waals surface area (Å²) in [6, 6.07) is 9.33. The molecule has 0 unspecified atom stereocenters. The smallest absolute Gasteiger partial charge is 0.469 e. The zero-order chi connectivity index (χ0) is 38.3. The summed E-state index contributed by atoms with van der Waals surface area (Å²) in [5, 5.41) is 7.13. The number of methoxy groups -OCH3 is 1. The van der Waals surface area contributed by atoms with Gasteiger partial charge in [-0.2, -0.15) is 0 Å². The first-order valence-electron chi connectivity index (χ1n) is 17.0. The molecule has 52 heavy (non-hydrogen) atoms. The third-order valence-corrected chi connectivity index (χ3v) is 10.5. The van der Waals surface area contributed by atoms with Crippen LogP contribution in [0.4, 0.5) is 21.0 Å². The molecular weight excluding hydrogens is 710 g/mol. The Bertz CT molecular complexity index is 1860. The van der Waals surface area contributed by atoms with Gasteiger partial charge in [0.05, 0.1) is 32.3 Å². The Balaban J connectivity index is 1.44. The number of thiazole rings is 1. The first-order chi connectivity index (χ1) is 24.4. The van der Waals surface area contributed by atoms with E-state index in [4.69, 9.17) is 14.0 Å². The molecule has 2 aromatic heterocycles. The number of aromatic nitrogens is 3. The maximum Gasteiger partial charge on any atom is 0.469 e. The molecule has 0 radical (unpaired) electrons. The van der Waals surface area contributed by atoms with Gasteiger partial charge in [-0.05, 0) is 54.5 Å². The molecule has 0 aliphatic rings. The monoisotopic (exact) mass is 760 g/mol. The van der Waals surface area contributed by atoms with Crippen molar-refractivity contribution in [2.45, 2.75) is 73.3 Å². The highest BCUT2D eigenvalue weighted by atomic mass is 32.1. The maximum atomic E-state index is 13.5. The van der Waals surface area contributed by atoms with Crippen LogP contribution in [0.3, 0.4) is 0 Å². The highest BCUT2D eigenvalue weighted by molar-refractivity contribution is 7.46. The fraction of sp³-hybridized carbons (Fsp3) is 0.500. The number of rotatable bonds is 17. The van der Waals surface area contributed by atoms with E-state index in [2.05, 4.69) is 79.0 Å². The number of anilines is 3. The number of nitrogens with zero attached hydrogens (tertiary/aromatic N) is 4. The molecule has 284 valence electrons. The van der Waals surface area contributed by atoms with Crippen LogP contribution in [-0.4, -0.2) is 74.5 Å². The second-order valence-electron chi connectivity index (χ2n) is 14.5. The maximum absolute atomic E-state index is 13.5. The van der Waals surface area contributed by atoms with E-state index in [1.165, 1.54) is 35.9 Å². The molecule has 2 heterocycles. The van der Waals surface area contributed by atoms with Crippen LogP contribution < -0.4 is 20.1 Å². The minimum Gasteiger partial charge on any atom is -0.493 e. The molecule has 0 saturated carbocycles. The topological polar surface area (TPSA) is 168 Å². The number of benzene rings is 2. The summed E-state index contributed by atoms with van der Waals surface area (Å²) in [7, 11) is -3.04. The fourth-order valence-electron chi connectivity index (χ4n) is 7.26. The highest BCUT2D eigenvalue weighted by Gasteiger charge is 2.53. The largest absolute Gasteiger partial charge is 0.493 e. The normalized spacial score (nSPS) is 12.7. The molecule has 4 aromatic rings. The van der Waals surface area contributed by atoms with Crippen LogP contribution >= 0.6 is 19.2 Å². The molecule has 0 aliphatic carbocycles. The van der Waals surface area contributed by atoms with Crippen LogP contribution in [0.2, 0.25) is 0 Å². The summed E-state index contributed by atoms with van der Waals surface area (Å²) in [4.78, 5) is 47.6. The Morgan fingerprint density at radius 2 is 1.75 bits per heavy atom. The summed E-state index contributed by atoms with van der Waals surface area (Å²) >= 11 is 1.30. The Kier molecular flexibility index (Phi) is 13.4. The third kappa shape index (κ3) is 10.2. The van der Waals surface area contributed by atoms with E-state index in [9.17, 15) is 23.5 Å². The lowest BCUT2D eigenvalue weighted by atomic mass is 9.57. The van der Waals surface area contributed by atoms with E-state index in [1.54, 1.807) is 31.5 Å². The molecule has 4 N–H and O–H groups in total. The molecule has 13 nitrogen and oxygen atoms in total. The Morgan fingerprint density at radius 3 is 2.38 bits per heavy atom. The van der Waals surface area contributed by atoms with Crippen LogP contribution in [-0.2, 0) is 20.3 Å². The van der Waals surface area contributed by atoms with Crippen molar-refractivity contribution in [3.05, 3.63) is 59.6 Å². The standard InChI is InChI=1S/C36H50FN6O7PS/c1-9-43(36(34(2,3)4,35(5,6)7)14-17-50-51(45,46)47)15-11-16-49-30-21-28-27(20-29(30)48-8)32(40-23-39-28)42-33-38-22-26(52-33)19-31(44)41-25-13-10-12-24(37)18-25/h10,12-13,18,20-23H,9,11,14-17,19H2,1-8H3,(H,41,44)(H2,45,46,47)(H,38,39,40,42). The van der Waals surface area contributed by atoms with Gasteiger partial charge >= 0.3 is 7.82 Å². The zero-order valence-corrected chi connectivity index (χ0v) is 32.7. The summed E-state index contributed by atoms with van der Waals surface area (Å²) in [5.74, 6) is 0.807. The van der Waals surface area contributed by atoms with Crippen molar-refractivity contribution in [2.75, 3.05) is 44.0 Å². The molecule has 4 rings (SSSR count). The van der Waals surface area contributed by atoms with Crippen molar-refractivity contribution < 1.29 is 37.5 Å². The van der Waals surface area contributed by atoms with Crippen LogP contribution in [0.1, 0.15) is 66.2 Å². The minimum atomic E-state index is -4.61. The second-order valence-corrected chi connectivity index (χ2v) is 16.8. The average Bonchev–Trinajstić information content (AvgIpc) is 3.47. The van der Waals surface area contributed by atoms with Crippen LogP contribution in [0.15, 0.2) is 48.9 Å². The van der Waals surface area contributed by atoms with Gasteiger partial charge in [-0.3, -0.25) is 14.2 Å². The van der Waals surface area contributed by atoms with Gasteiger partial charge in [0, 0.05) is 40.3 Å². The van der Waals surface area contributed by atoms with E-state index in [0.717, 1.165) is 6.54 Å². The van der Waals surface area contributed by atoms with Crippen molar-refractivity contribution in [3.63, 3.8) is 0 Å². The number of carbonyl (C=O) groups excluding carboxylic acids is 1. The van der Waals surface area contributed by atoms with Crippen LogP contribution in [0, 0.1) is 16.6 Å². The van der Waals surface area contributed by atoms with Gasteiger partial charge in [-0.1, -0.05) is 54.5 Å². The summed E-state index contributed by atoms with van der Waals surface area (Å²) in [6.07, 6.45) is 4.23. The first kappa shape index (κ1) is 41.0. The molecule has 16 heteroatoms. The minimum absolute atomic E-state index is 0.0717. The quantitative estimate of drug-likeness (QED) is 0.0616. The number of nitrogens with one attached hydrogen (secondary N) is 2. The number of fused-ring (bicyclic) bond motifs is 1. The van der Waals surface area contributed by atoms with Crippen LogP contribution in [0.25, 0.3) is 10.9 Å². The number of hydrogen-bond donors (Lipinski definition) is 4. The SMILES string of the molecule is CCN(CCCOc1cc2ncnc(Nc3ncc(CC(=O)Nc4cccc(F)c4)s3)c2cc1OC)C(CCOP(=O)(O)O)(C(C)(C)C)C(C)(C)C. The van der Waals surface area contributed by atoms with Gasteiger partial charge < -0.3 is 29.9 Å². The Hall–Kier alpha value is -3.72. The van der Waals surface area contributed by atoms with E-state index < -0.39 is 19.2 Å². The van der Waals surface area contributed by atoms with Crippen molar-refractivity contribution in [1.82, 2.24) is 19.9 Å². The van der Waals surface area contributed by atoms with Gasteiger partial charge in [0.2, 0.25) is 5.91 Å². The lowest BCUT2D eigenvalue weighted by Gasteiger charge is -2.60. The van der Waals surface area contributed by atoms with Gasteiger partial charge in [0.1, 0.15) is 18.0 Å². The molecule has 0 saturated heterocycles. The van der Waals surface area contributed by atoms with Crippen molar-refractivity contribution in [2.24, 2.45) is 10.8 Å². The van der Waals surface area contributed by atoms with E-state index in [0.29, 0.717) is 69.9 Å². The molecule has 0 spiro atoms. The molecule has 2 aromatic carbocycles. The lowest BCUT2D eigenvalue weighted by molar-refractivity contribution is -0.115. The number of ether oxygens (including phenoxy) is 2. The van der Waals surface area contributed by atoms with Gasteiger partial charge in [0.25, 0.3) is 0 Å². The summed E-state index contributed by atoms with van der Waals surface area (Å²) in [5.41, 5.74) is 0.0315. The van der Waals surface area contributed by atoms with Crippen molar-refractivity contribution >= 4 is 52.6 Å². The molecule has 1 amide bonds. The lowest BCUT2D eigenvalue weighted by Crippen LogP contribution is -2.65. The van der Waals surface area contributed by atoms with Crippen molar-refractivity contribution in [1.29, 1.82) is 0 Å². The first-order valence-corrected chi connectivity index (χ1v) is 19.4. The molecule has 0 bridgehead atoms.